The number of nitrogen functional groups attached to an aromatic ring is 1. The number of hydrogen-bond acceptors (Lipinski definition) is 8. The van der Waals surface area contributed by atoms with Crippen LogP contribution in [0.4, 0.5) is 10.2 Å². The lowest BCUT2D eigenvalue weighted by Crippen LogP contribution is -2.69. The van der Waals surface area contributed by atoms with Crippen molar-refractivity contribution in [3.63, 3.8) is 0 Å². The summed E-state index contributed by atoms with van der Waals surface area (Å²) in [6, 6.07) is 2.18. The van der Waals surface area contributed by atoms with Crippen molar-refractivity contribution in [1.29, 1.82) is 5.26 Å². The zero-order valence-electron chi connectivity index (χ0n) is 24.9. The number of hydrogen-bond donors (Lipinski definition) is 3. The molecule has 43 heavy (non-hydrogen) atoms. The Bertz CT molecular complexity index is 1350. The first-order valence-corrected chi connectivity index (χ1v) is 16.1. The van der Waals surface area contributed by atoms with Gasteiger partial charge < -0.3 is 21.3 Å². The van der Waals surface area contributed by atoms with Crippen molar-refractivity contribution < 1.29 is 14.0 Å². The van der Waals surface area contributed by atoms with Gasteiger partial charge in [-0.25, -0.2) is 13.9 Å². The second-order valence-electron chi connectivity index (χ2n) is 13.2. The number of piperidine rings is 2. The Morgan fingerprint density at radius 1 is 1.09 bits per heavy atom. The van der Waals surface area contributed by atoms with Gasteiger partial charge in [-0.2, -0.15) is 5.26 Å². The van der Waals surface area contributed by atoms with Crippen LogP contribution >= 0.6 is 0 Å². The van der Waals surface area contributed by atoms with E-state index in [4.69, 9.17) is 11.0 Å². The third kappa shape index (κ3) is 6.07. The summed E-state index contributed by atoms with van der Waals surface area (Å²) in [6.45, 7) is 4.23. The van der Waals surface area contributed by atoms with Gasteiger partial charge in [-0.15, -0.1) is 5.10 Å². The molecule has 2 atom stereocenters. The number of halogens is 1. The average molecular weight is 594 g/mol. The normalized spacial score (nSPS) is 26.1. The van der Waals surface area contributed by atoms with E-state index in [1.165, 1.54) is 55.7 Å². The molecule has 4 aliphatic rings. The third-order valence-corrected chi connectivity index (χ3v) is 10.4. The van der Waals surface area contributed by atoms with Crippen molar-refractivity contribution in [2.75, 3.05) is 45.0 Å². The highest BCUT2D eigenvalue weighted by Gasteiger charge is 2.49. The van der Waals surface area contributed by atoms with Gasteiger partial charge in [0.15, 0.2) is 17.3 Å². The number of carbonyl (C=O) groups excluding carboxylic acids is 2. The van der Waals surface area contributed by atoms with Gasteiger partial charge >= 0.3 is 0 Å². The highest BCUT2D eigenvalue weighted by Crippen LogP contribution is 2.43. The second kappa shape index (κ2) is 12.7. The maximum Gasteiger partial charge on any atom is 0.259 e. The molecule has 0 radical (unpaired) electrons. The maximum atomic E-state index is 13.8. The lowest BCUT2D eigenvalue weighted by atomic mass is 9.66. The minimum atomic E-state index is -0.558. The molecule has 232 valence electrons. The molecule has 1 spiro atoms. The summed E-state index contributed by atoms with van der Waals surface area (Å²) in [5.41, 5.74) is 6.55. The van der Waals surface area contributed by atoms with Crippen LogP contribution in [0.5, 0.6) is 0 Å². The van der Waals surface area contributed by atoms with Crippen LogP contribution in [0.15, 0.2) is 12.4 Å². The van der Waals surface area contributed by atoms with Crippen LogP contribution in [0.2, 0.25) is 0 Å². The molecule has 4 N–H and O–H groups in total. The standard InChI is InChI=1S/C31H44FN9O2/c32-23-15-36-28-25(27(34)38-41(28)19-23)29(42)37-24-16-35-20-31(10-6-4-2-1-3-5-7-11-31)26(24)39-12-8-22(9-13-39)30(43)40-17-21(14-33)18-40/h15,19,21-22,24,26,35H,1-13,16-18,20H2,(H2,34,38)(H,37,42). The number of fused-ring (bicyclic) bond motifs is 1. The molecule has 0 bridgehead atoms. The molecule has 3 aliphatic heterocycles. The molecule has 5 heterocycles. The number of nitriles is 1. The van der Waals surface area contributed by atoms with Crippen LogP contribution in [-0.2, 0) is 4.79 Å². The van der Waals surface area contributed by atoms with Crippen molar-refractivity contribution in [2.24, 2.45) is 17.3 Å². The lowest BCUT2D eigenvalue weighted by molar-refractivity contribution is -0.143. The van der Waals surface area contributed by atoms with Gasteiger partial charge in [0.1, 0.15) is 5.56 Å². The summed E-state index contributed by atoms with van der Waals surface area (Å²) in [5, 5.41) is 20.3. The van der Waals surface area contributed by atoms with Gasteiger partial charge in [0.25, 0.3) is 5.91 Å². The van der Waals surface area contributed by atoms with Crippen LogP contribution in [-0.4, -0.2) is 87.6 Å². The SMILES string of the molecule is N#CC1CN(C(=O)C2CCN(C3C(NC(=O)c4c(N)nn5cc(F)cnc45)CNCC34CCCCCCCCC4)CC2)C1. The molecule has 1 aliphatic carbocycles. The van der Waals surface area contributed by atoms with Gasteiger partial charge in [-0.05, 0) is 38.8 Å². The number of anilines is 1. The Hall–Kier alpha value is -3.30. The highest BCUT2D eigenvalue weighted by atomic mass is 19.1. The van der Waals surface area contributed by atoms with E-state index in [-0.39, 0.29) is 58.2 Å². The lowest BCUT2D eigenvalue weighted by Gasteiger charge is -2.55. The Morgan fingerprint density at radius 2 is 1.77 bits per heavy atom. The Kier molecular flexibility index (Phi) is 8.82. The monoisotopic (exact) mass is 593 g/mol. The molecule has 11 nitrogen and oxygen atoms in total. The predicted molar refractivity (Wildman–Crippen MR) is 159 cm³/mol. The smallest absolute Gasteiger partial charge is 0.259 e. The summed E-state index contributed by atoms with van der Waals surface area (Å²) < 4.78 is 15.0. The van der Waals surface area contributed by atoms with Crippen molar-refractivity contribution >= 4 is 23.3 Å². The van der Waals surface area contributed by atoms with Crippen LogP contribution in [0.3, 0.4) is 0 Å². The van der Waals surface area contributed by atoms with E-state index in [2.05, 4.69) is 31.7 Å². The number of nitrogens with zero attached hydrogens (tertiary/aromatic N) is 6. The van der Waals surface area contributed by atoms with Crippen molar-refractivity contribution in [2.45, 2.75) is 82.7 Å². The summed E-state index contributed by atoms with van der Waals surface area (Å²) in [4.78, 5) is 35.5. The first-order valence-electron chi connectivity index (χ1n) is 16.1. The molecule has 2 unspecified atom stereocenters. The molecule has 1 saturated carbocycles. The Balaban J connectivity index is 1.24. The van der Waals surface area contributed by atoms with Crippen LogP contribution in [0, 0.1) is 34.4 Å². The molecular formula is C31H44FN9O2. The maximum absolute atomic E-state index is 13.8. The number of rotatable bonds is 4. The fraction of sp³-hybridized carbons (Fsp3) is 0.710. The molecule has 6 rings (SSSR count). The topological polar surface area (TPSA) is 145 Å². The number of nitrogens with one attached hydrogen (secondary N) is 2. The first kappa shape index (κ1) is 29.8. The summed E-state index contributed by atoms with van der Waals surface area (Å²) in [7, 11) is 0. The first-order chi connectivity index (χ1) is 20.9. The van der Waals surface area contributed by atoms with Crippen molar-refractivity contribution in [1.82, 2.24) is 35.0 Å². The number of nitrogens with two attached hydrogens (primary N) is 1. The van der Waals surface area contributed by atoms with Crippen LogP contribution < -0.4 is 16.4 Å². The van der Waals surface area contributed by atoms with E-state index in [0.717, 1.165) is 51.5 Å². The molecule has 4 fully saturated rings. The minimum Gasteiger partial charge on any atom is -0.381 e. The van der Waals surface area contributed by atoms with Gasteiger partial charge in [0.05, 0.1) is 30.4 Å². The van der Waals surface area contributed by atoms with Crippen LogP contribution in [0.1, 0.15) is 81.0 Å². The molecule has 2 amide bonds. The van der Waals surface area contributed by atoms with Gasteiger partial charge in [-0.3, -0.25) is 14.5 Å². The summed E-state index contributed by atoms with van der Waals surface area (Å²) in [6.07, 6.45) is 14.6. The van der Waals surface area contributed by atoms with E-state index >= 15 is 0 Å². The molecular weight excluding hydrogens is 549 g/mol. The molecule has 2 aromatic rings. The number of aromatic nitrogens is 3. The molecule has 3 saturated heterocycles. The van der Waals surface area contributed by atoms with E-state index in [9.17, 15) is 14.0 Å². The molecule has 12 heteroatoms. The second-order valence-corrected chi connectivity index (χ2v) is 13.2. The van der Waals surface area contributed by atoms with E-state index in [1.54, 1.807) is 0 Å². The Morgan fingerprint density at radius 3 is 2.44 bits per heavy atom. The number of likely N-dealkylation sites (tertiary alicyclic amines) is 2. The van der Waals surface area contributed by atoms with Crippen molar-refractivity contribution in [3.8, 4) is 6.07 Å². The van der Waals surface area contributed by atoms with E-state index < -0.39 is 5.82 Å². The van der Waals surface area contributed by atoms with Gasteiger partial charge in [0.2, 0.25) is 5.91 Å². The predicted octanol–water partition coefficient (Wildman–Crippen LogP) is 2.73. The average Bonchev–Trinajstić information content (AvgIpc) is 3.31. The fourth-order valence-electron chi connectivity index (χ4n) is 8.14. The Labute approximate surface area is 252 Å². The van der Waals surface area contributed by atoms with Crippen LogP contribution in [0.25, 0.3) is 5.65 Å². The highest BCUT2D eigenvalue weighted by molar-refractivity contribution is 6.04. The largest absolute Gasteiger partial charge is 0.381 e. The van der Waals surface area contributed by atoms with Gasteiger partial charge in [-0.1, -0.05) is 44.9 Å². The third-order valence-electron chi connectivity index (χ3n) is 10.4. The minimum absolute atomic E-state index is 0.00408. The number of amides is 2. The quantitative estimate of drug-likeness (QED) is 0.491. The summed E-state index contributed by atoms with van der Waals surface area (Å²) >= 11 is 0. The molecule has 2 aromatic heterocycles. The van der Waals surface area contributed by atoms with Gasteiger partial charge in [0, 0.05) is 43.6 Å². The zero-order valence-corrected chi connectivity index (χ0v) is 24.9. The molecule has 0 aromatic carbocycles. The zero-order chi connectivity index (χ0) is 30.0. The van der Waals surface area contributed by atoms with E-state index in [0.29, 0.717) is 19.6 Å². The fourth-order valence-corrected chi connectivity index (χ4v) is 8.14. The summed E-state index contributed by atoms with van der Waals surface area (Å²) in [5.74, 6) is -0.759. The number of carbonyl (C=O) groups is 2. The van der Waals surface area contributed by atoms with Crippen molar-refractivity contribution in [3.05, 3.63) is 23.8 Å². The van der Waals surface area contributed by atoms with E-state index in [1.807, 2.05) is 4.90 Å².